The van der Waals surface area contributed by atoms with Crippen LogP contribution >= 0.6 is 7.75 Å². The van der Waals surface area contributed by atoms with Gasteiger partial charge in [-0.15, -0.1) is 0 Å². The number of imidazole rings is 1. The van der Waals surface area contributed by atoms with E-state index in [1.165, 1.54) is 17.2 Å². The summed E-state index contributed by atoms with van der Waals surface area (Å²) in [6, 6.07) is 0. The first kappa shape index (κ1) is 20.1. The Hall–Kier alpha value is -1.66. The second kappa shape index (κ2) is 8.15. The van der Waals surface area contributed by atoms with Crippen molar-refractivity contribution in [3.8, 4) is 0 Å². The highest BCUT2D eigenvalue weighted by Gasteiger charge is 2.44. The molecular formula is C14H22N5O7P. The van der Waals surface area contributed by atoms with Gasteiger partial charge in [0, 0.05) is 0 Å². The summed E-state index contributed by atoms with van der Waals surface area (Å²) in [7, 11) is -3.64. The zero-order valence-corrected chi connectivity index (χ0v) is 15.7. The second-order valence-corrected chi connectivity index (χ2v) is 7.45. The highest BCUT2D eigenvalue weighted by atomic mass is 31.2. The van der Waals surface area contributed by atoms with Crippen LogP contribution in [0.25, 0.3) is 11.2 Å². The third-order valence-corrected chi connectivity index (χ3v) is 5.67. The molecule has 2 aromatic rings. The van der Waals surface area contributed by atoms with Crippen molar-refractivity contribution in [2.75, 3.05) is 24.9 Å². The van der Waals surface area contributed by atoms with Crippen LogP contribution < -0.4 is 5.09 Å². The molecule has 4 N–H and O–H groups in total. The van der Waals surface area contributed by atoms with E-state index in [4.69, 9.17) is 13.8 Å². The van der Waals surface area contributed by atoms with E-state index in [2.05, 4.69) is 20.0 Å². The summed E-state index contributed by atoms with van der Waals surface area (Å²) in [5.41, 5.74) is 0.511. The molecule has 2 aromatic heterocycles. The summed E-state index contributed by atoms with van der Waals surface area (Å²) >= 11 is 0. The SMILES string of the molecule is CCOP(=O)(Nc1ncnc2c1ncn2[C@@H]1O[C@H](CO)[C@@H](O)[C@H]1O)OCC. The van der Waals surface area contributed by atoms with Gasteiger partial charge < -0.3 is 20.1 Å². The molecule has 0 bridgehead atoms. The number of anilines is 1. The van der Waals surface area contributed by atoms with Crippen molar-refractivity contribution in [2.45, 2.75) is 38.4 Å². The van der Waals surface area contributed by atoms with Crippen molar-refractivity contribution in [1.82, 2.24) is 19.5 Å². The fourth-order valence-corrected chi connectivity index (χ4v) is 4.11. The summed E-state index contributed by atoms with van der Waals surface area (Å²) in [4.78, 5) is 12.3. The van der Waals surface area contributed by atoms with Gasteiger partial charge in [0.1, 0.15) is 24.6 Å². The Morgan fingerprint density at radius 3 is 2.52 bits per heavy atom. The summed E-state index contributed by atoms with van der Waals surface area (Å²) in [5, 5.41) is 32.0. The summed E-state index contributed by atoms with van der Waals surface area (Å²) in [6.07, 6.45) is -1.92. The zero-order valence-electron chi connectivity index (χ0n) is 14.8. The molecule has 0 unspecified atom stereocenters. The minimum Gasteiger partial charge on any atom is -0.394 e. The van der Waals surface area contributed by atoms with E-state index in [-0.39, 0.29) is 30.2 Å². The van der Waals surface area contributed by atoms with Crippen LogP contribution in [0.4, 0.5) is 5.82 Å². The van der Waals surface area contributed by atoms with Crippen LogP contribution in [0.3, 0.4) is 0 Å². The number of fused-ring (bicyclic) bond motifs is 1. The van der Waals surface area contributed by atoms with Crippen molar-refractivity contribution in [3.05, 3.63) is 12.7 Å². The van der Waals surface area contributed by atoms with E-state index in [9.17, 15) is 19.9 Å². The van der Waals surface area contributed by atoms with E-state index in [1.807, 2.05) is 0 Å². The molecule has 4 atom stereocenters. The Morgan fingerprint density at radius 1 is 1.22 bits per heavy atom. The number of nitrogens with zero attached hydrogens (tertiary/aromatic N) is 4. The van der Waals surface area contributed by atoms with E-state index in [0.717, 1.165) is 0 Å². The van der Waals surface area contributed by atoms with Crippen LogP contribution in [0.2, 0.25) is 0 Å². The summed E-state index contributed by atoms with van der Waals surface area (Å²) in [6.45, 7) is 3.23. The fourth-order valence-electron chi connectivity index (χ4n) is 2.80. The molecule has 13 heteroatoms. The van der Waals surface area contributed by atoms with Crippen molar-refractivity contribution in [1.29, 1.82) is 0 Å². The molecule has 0 radical (unpaired) electrons. The largest absolute Gasteiger partial charge is 0.433 e. The van der Waals surface area contributed by atoms with Crippen LogP contribution in [0.15, 0.2) is 12.7 Å². The number of ether oxygens (including phenoxy) is 1. The van der Waals surface area contributed by atoms with Gasteiger partial charge in [-0.05, 0) is 13.8 Å². The first-order valence-corrected chi connectivity index (χ1v) is 9.95. The molecule has 1 aliphatic rings. The second-order valence-electron chi connectivity index (χ2n) is 5.72. The number of aromatic nitrogens is 4. The van der Waals surface area contributed by atoms with Crippen molar-refractivity contribution >= 4 is 24.7 Å². The molecule has 12 nitrogen and oxygen atoms in total. The predicted octanol–water partition coefficient (Wildman–Crippen LogP) is 0.0308. The monoisotopic (exact) mass is 403 g/mol. The van der Waals surface area contributed by atoms with Crippen molar-refractivity contribution in [2.24, 2.45) is 0 Å². The van der Waals surface area contributed by atoms with E-state index in [0.29, 0.717) is 0 Å². The van der Waals surface area contributed by atoms with E-state index < -0.39 is 38.9 Å². The van der Waals surface area contributed by atoms with Crippen LogP contribution in [0, 0.1) is 0 Å². The Bertz CT molecular complexity index is 823. The maximum Gasteiger partial charge on any atom is 0.433 e. The number of rotatable bonds is 8. The molecule has 0 spiro atoms. The molecule has 0 aliphatic carbocycles. The topological polar surface area (TPSA) is 161 Å². The predicted molar refractivity (Wildman–Crippen MR) is 92.8 cm³/mol. The van der Waals surface area contributed by atoms with Gasteiger partial charge in [-0.2, -0.15) is 0 Å². The molecule has 1 aliphatic heterocycles. The minimum absolute atomic E-state index is 0.121. The molecular weight excluding hydrogens is 381 g/mol. The summed E-state index contributed by atoms with van der Waals surface area (Å²) in [5.74, 6) is 0.121. The summed E-state index contributed by atoms with van der Waals surface area (Å²) < 4.78 is 30.0. The molecule has 150 valence electrons. The van der Waals surface area contributed by atoms with Crippen LogP contribution in [-0.2, 0) is 18.3 Å². The Labute approximate surface area is 154 Å². The molecule has 1 fully saturated rings. The fraction of sp³-hybridized carbons (Fsp3) is 0.643. The molecule has 3 rings (SSSR count). The maximum absolute atomic E-state index is 12.7. The minimum atomic E-state index is -3.64. The van der Waals surface area contributed by atoms with Crippen molar-refractivity contribution in [3.63, 3.8) is 0 Å². The highest BCUT2D eigenvalue weighted by Crippen LogP contribution is 2.48. The van der Waals surface area contributed by atoms with Crippen molar-refractivity contribution < 1.29 is 33.7 Å². The lowest BCUT2D eigenvalue weighted by Crippen LogP contribution is -2.33. The number of nitrogens with one attached hydrogen (secondary N) is 1. The lowest BCUT2D eigenvalue weighted by molar-refractivity contribution is -0.0511. The Kier molecular flexibility index (Phi) is 6.06. The lowest BCUT2D eigenvalue weighted by Gasteiger charge is -2.18. The first-order valence-electron chi connectivity index (χ1n) is 8.41. The van der Waals surface area contributed by atoms with Crippen LogP contribution in [-0.4, -0.2) is 73.0 Å². The lowest BCUT2D eigenvalue weighted by atomic mass is 10.1. The van der Waals surface area contributed by atoms with Gasteiger partial charge in [-0.1, -0.05) is 0 Å². The average Bonchev–Trinajstić information content (AvgIpc) is 3.18. The third-order valence-electron chi connectivity index (χ3n) is 3.99. The van der Waals surface area contributed by atoms with Gasteiger partial charge in [0.15, 0.2) is 23.2 Å². The zero-order chi connectivity index (χ0) is 19.6. The van der Waals surface area contributed by atoms with Gasteiger partial charge in [0.05, 0.1) is 26.1 Å². The molecule has 27 heavy (non-hydrogen) atoms. The highest BCUT2D eigenvalue weighted by molar-refractivity contribution is 7.55. The van der Waals surface area contributed by atoms with Crippen LogP contribution in [0.5, 0.6) is 0 Å². The number of aliphatic hydroxyl groups is 3. The average molecular weight is 403 g/mol. The molecule has 0 amide bonds. The van der Waals surface area contributed by atoms with Gasteiger partial charge >= 0.3 is 7.75 Å². The quantitative estimate of drug-likeness (QED) is 0.440. The molecule has 0 aromatic carbocycles. The van der Waals surface area contributed by atoms with E-state index >= 15 is 0 Å². The normalized spacial score (nSPS) is 26.0. The molecule has 3 heterocycles. The molecule has 0 saturated carbocycles. The maximum atomic E-state index is 12.7. The van der Waals surface area contributed by atoms with Gasteiger partial charge in [0.2, 0.25) is 0 Å². The van der Waals surface area contributed by atoms with E-state index in [1.54, 1.807) is 13.8 Å². The van der Waals surface area contributed by atoms with Gasteiger partial charge in [0.25, 0.3) is 0 Å². The van der Waals surface area contributed by atoms with Gasteiger partial charge in [-0.25, -0.2) is 19.5 Å². The standard InChI is InChI=1S/C14H22N5O7P/c1-3-24-27(23,25-4-2)18-12-9-13(16-6-15-12)19(7-17-9)14-11(22)10(21)8(5-20)26-14/h6-8,10-11,14,20-22H,3-5H2,1-2H3,(H,15,16,18,23)/t8-,10-,11-,14-/m1/s1. The Morgan fingerprint density at radius 2 is 1.93 bits per heavy atom. The van der Waals surface area contributed by atoms with Crippen LogP contribution in [0.1, 0.15) is 20.1 Å². The number of aliphatic hydroxyl groups excluding tert-OH is 3. The first-order chi connectivity index (χ1) is 12.9. The molecule has 1 saturated heterocycles. The van der Waals surface area contributed by atoms with Gasteiger partial charge in [-0.3, -0.25) is 18.7 Å². The Balaban J connectivity index is 1.95. The smallest absolute Gasteiger partial charge is 0.394 e. The number of hydrogen-bond acceptors (Lipinski definition) is 10. The number of hydrogen-bond donors (Lipinski definition) is 4. The third kappa shape index (κ3) is 3.83.